The van der Waals surface area contributed by atoms with Gasteiger partial charge in [-0.25, -0.2) is 0 Å². The molecule has 2 N–H and O–H groups in total. The maximum absolute atomic E-state index is 12.7. The summed E-state index contributed by atoms with van der Waals surface area (Å²) >= 11 is 6.54. The van der Waals surface area contributed by atoms with Gasteiger partial charge in [-0.2, -0.15) is 0 Å². The summed E-state index contributed by atoms with van der Waals surface area (Å²) in [6.07, 6.45) is 1.61. The summed E-state index contributed by atoms with van der Waals surface area (Å²) in [6, 6.07) is 20.1. The summed E-state index contributed by atoms with van der Waals surface area (Å²) in [5.74, 6) is -0.806. The maximum atomic E-state index is 12.7. The van der Waals surface area contributed by atoms with Gasteiger partial charge in [0.15, 0.2) is 10.4 Å². The highest BCUT2D eigenvalue weighted by Crippen LogP contribution is 2.16. The molecule has 7 heteroatoms. The first kappa shape index (κ1) is 20.1. The van der Waals surface area contributed by atoms with Crippen molar-refractivity contribution >= 4 is 49.8 Å². The van der Waals surface area contributed by atoms with Crippen molar-refractivity contribution in [3.8, 4) is 0 Å². The van der Waals surface area contributed by atoms with E-state index >= 15 is 0 Å². The van der Waals surface area contributed by atoms with Crippen LogP contribution in [0.15, 0.2) is 86.0 Å². The lowest BCUT2D eigenvalue weighted by Crippen LogP contribution is -2.34. The largest absolute Gasteiger partial charge is 0.444 e. The van der Waals surface area contributed by atoms with E-state index in [0.29, 0.717) is 11.2 Å². The van der Waals surface area contributed by atoms with Gasteiger partial charge in [0.1, 0.15) is 5.70 Å². The fraction of sp³-hybridized carbons (Fsp3) is 0.0476. The number of hydrogen-bond donors (Lipinski definition) is 2. The van der Waals surface area contributed by atoms with Crippen molar-refractivity contribution in [2.24, 2.45) is 0 Å². The minimum atomic E-state index is -0.510. The van der Waals surface area contributed by atoms with Gasteiger partial charge >= 0.3 is 0 Å². The highest BCUT2D eigenvalue weighted by Gasteiger charge is 2.17. The number of furan rings is 1. The lowest BCUT2D eigenvalue weighted by Gasteiger charge is -2.10. The minimum Gasteiger partial charge on any atom is -0.444 e. The Morgan fingerprint density at radius 2 is 1.64 bits per heavy atom. The van der Waals surface area contributed by atoms with Gasteiger partial charge in [-0.3, -0.25) is 9.59 Å². The topological polar surface area (TPSA) is 71.3 Å². The summed E-state index contributed by atoms with van der Waals surface area (Å²) in [4.78, 5) is 25.2. The van der Waals surface area contributed by atoms with Crippen LogP contribution >= 0.6 is 31.9 Å². The molecule has 0 saturated carbocycles. The summed E-state index contributed by atoms with van der Waals surface area (Å²) in [7, 11) is 0. The number of benzene rings is 2. The summed E-state index contributed by atoms with van der Waals surface area (Å²) in [5.41, 5.74) is 1.85. The number of rotatable bonds is 6. The van der Waals surface area contributed by atoms with E-state index in [9.17, 15) is 9.59 Å². The zero-order chi connectivity index (χ0) is 19.9. The molecule has 5 nitrogen and oxygen atoms in total. The van der Waals surface area contributed by atoms with Gasteiger partial charge < -0.3 is 15.1 Å². The van der Waals surface area contributed by atoms with Crippen molar-refractivity contribution in [3.05, 3.63) is 98.5 Å². The Hall–Kier alpha value is -2.64. The van der Waals surface area contributed by atoms with Crippen LogP contribution in [0.2, 0.25) is 0 Å². The van der Waals surface area contributed by atoms with E-state index in [1.807, 2.05) is 54.6 Å². The van der Waals surface area contributed by atoms with Gasteiger partial charge in [-0.05, 0) is 57.4 Å². The van der Waals surface area contributed by atoms with Crippen LogP contribution in [-0.4, -0.2) is 11.8 Å². The van der Waals surface area contributed by atoms with Crippen molar-refractivity contribution in [2.75, 3.05) is 0 Å². The maximum Gasteiger partial charge on any atom is 0.291 e. The predicted molar refractivity (Wildman–Crippen MR) is 114 cm³/mol. The monoisotopic (exact) mass is 502 g/mol. The Morgan fingerprint density at radius 3 is 2.29 bits per heavy atom. The zero-order valence-corrected chi connectivity index (χ0v) is 17.8. The molecular weight excluding hydrogens is 488 g/mol. The first-order chi connectivity index (χ1) is 13.5. The molecule has 1 aromatic heterocycles. The van der Waals surface area contributed by atoms with Gasteiger partial charge in [-0.15, -0.1) is 0 Å². The third-order valence-corrected chi connectivity index (χ3v) is 4.72. The average Bonchev–Trinajstić information content (AvgIpc) is 3.14. The van der Waals surface area contributed by atoms with Crippen molar-refractivity contribution in [1.82, 2.24) is 10.6 Å². The van der Waals surface area contributed by atoms with E-state index in [-0.39, 0.29) is 11.5 Å². The number of halogens is 2. The quantitative estimate of drug-likeness (QED) is 0.470. The molecule has 0 atom stereocenters. The number of amides is 2. The molecule has 2 amide bonds. The lowest BCUT2D eigenvalue weighted by atomic mass is 10.1. The number of hydrogen-bond acceptors (Lipinski definition) is 3. The van der Waals surface area contributed by atoms with Crippen LogP contribution in [0.5, 0.6) is 0 Å². The van der Waals surface area contributed by atoms with Gasteiger partial charge in [0.05, 0.1) is 0 Å². The first-order valence-corrected chi connectivity index (χ1v) is 9.96. The van der Waals surface area contributed by atoms with Gasteiger partial charge in [0.25, 0.3) is 11.8 Å². The number of carbonyl (C=O) groups excluding carboxylic acids is 2. The van der Waals surface area contributed by atoms with Crippen LogP contribution < -0.4 is 10.6 Å². The van der Waals surface area contributed by atoms with Gasteiger partial charge in [0, 0.05) is 11.0 Å². The van der Waals surface area contributed by atoms with Crippen molar-refractivity contribution < 1.29 is 14.0 Å². The highest BCUT2D eigenvalue weighted by atomic mass is 79.9. The summed E-state index contributed by atoms with van der Waals surface area (Å²) < 4.78 is 6.62. The Balaban J connectivity index is 1.79. The first-order valence-electron chi connectivity index (χ1n) is 8.37. The molecule has 0 fully saturated rings. The zero-order valence-electron chi connectivity index (χ0n) is 14.6. The van der Waals surface area contributed by atoms with Crippen LogP contribution in [0.25, 0.3) is 6.08 Å². The Bertz CT molecular complexity index is 996. The molecule has 142 valence electrons. The minimum absolute atomic E-state index is 0.101. The van der Waals surface area contributed by atoms with E-state index in [0.717, 1.165) is 15.6 Å². The molecule has 0 aliphatic heterocycles. The molecule has 0 saturated heterocycles. The van der Waals surface area contributed by atoms with Crippen molar-refractivity contribution in [3.63, 3.8) is 0 Å². The second-order valence-corrected chi connectivity index (χ2v) is 7.53. The second-order valence-electron chi connectivity index (χ2n) is 5.84. The molecule has 3 rings (SSSR count). The van der Waals surface area contributed by atoms with E-state index in [1.165, 1.54) is 6.07 Å². The highest BCUT2D eigenvalue weighted by molar-refractivity contribution is 9.10. The molecule has 0 aliphatic rings. The summed E-state index contributed by atoms with van der Waals surface area (Å²) in [6.45, 7) is 0.347. The SMILES string of the molecule is O=C(NCc1ccccc1)/C(=C\c1ccc(Br)cc1)NC(=O)c1ccc(Br)o1. The molecule has 1 heterocycles. The molecule has 0 bridgehead atoms. The third-order valence-electron chi connectivity index (χ3n) is 3.77. The second kappa shape index (κ2) is 9.52. The van der Waals surface area contributed by atoms with Crippen molar-refractivity contribution in [2.45, 2.75) is 6.54 Å². The molecule has 0 aliphatic carbocycles. The number of nitrogens with one attached hydrogen (secondary N) is 2. The van der Waals surface area contributed by atoms with Crippen LogP contribution in [0.4, 0.5) is 0 Å². The molecule has 3 aromatic rings. The molecular formula is C21H16Br2N2O3. The Labute approximate surface area is 179 Å². The van der Waals surface area contributed by atoms with Crippen LogP contribution in [0, 0.1) is 0 Å². The molecule has 0 unspecified atom stereocenters. The van der Waals surface area contributed by atoms with Gasteiger partial charge in [0.2, 0.25) is 0 Å². The average molecular weight is 504 g/mol. The molecule has 28 heavy (non-hydrogen) atoms. The molecule has 0 radical (unpaired) electrons. The summed E-state index contributed by atoms with van der Waals surface area (Å²) in [5, 5.41) is 5.45. The van der Waals surface area contributed by atoms with Gasteiger partial charge in [-0.1, -0.05) is 58.4 Å². The fourth-order valence-electron chi connectivity index (χ4n) is 2.38. The normalized spacial score (nSPS) is 11.1. The smallest absolute Gasteiger partial charge is 0.291 e. The van der Waals surface area contributed by atoms with Crippen LogP contribution in [0.1, 0.15) is 21.7 Å². The lowest BCUT2D eigenvalue weighted by molar-refractivity contribution is -0.117. The van der Waals surface area contributed by atoms with Crippen LogP contribution in [0.3, 0.4) is 0 Å². The Morgan fingerprint density at radius 1 is 0.929 bits per heavy atom. The fourth-order valence-corrected chi connectivity index (χ4v) is 2.95. The van der Waals surface area contributed by atoms with E-state index in [2.05, 4.69) is 42.5 Å². The van der Waals surface area contributed by atoms with E-state index < -0.39 is 11.8 Å². The molecule has 2 aromatic carbocycles. The Kier molecular flexibility index (Phi) is 6.84. The third kappa shape index (κ3) is 5.68. The van der Waals surface area contributed by atoms with E-state index in [1.54, 1.807) is 12.1 Å². The van der Waals surface area contributed by atoms with Crippen molar-refractivity contribution in [1.29, 1.82) is 0 Å². The molecule has 0 spiro atoms. The van der Waals surface area contributed by atoms with E-state index in [4.69, 9.17) is 4.42 Å². The predicted octanol–water partition coefficient (Wildman–Crippen LogP) is 4.89. The standard InChI is InChI=1S/C21H16Br2N2O3/c22-16-8-6-14(7-9-16)12-17(25-21(27)18-10-11-19(23)28-18)20(26)24-13-15-4-2-1-3-5-15/h1-12H,13H2,(H,24,26)(H,25,27)/b17-12+. The van der Waals surface area contributed by atoms with Crippen LogP contribution in [-0.2, 0) is 11.3 Å². The number of carbonyl (C=O) groups is 2.